The minimum Gasteiger partial charge on any atom is -0.441 e. The number of carbonyl (C=O) groups excluding carboxylic acids is 2. The van der Waals surface area contributed by atoms with Crippen molar-refractivity contribution in [2.45, 2.75) is 44.8 Å². The van der Waals surface area contributed by atoms with Crippen LogP contribution in [0.1, 0.15) is 32.6 Å². The number of benzene rings is 1. The maximum absolute atomic E-state index is 13.2. The van der Waals surface area contributed by atoms with Crippen LogP contribution in [0.15, 0.2) is 22.6 Å². The van der Waals surface area contributed by atoms with Crippen LogP contribution in [0.2, 0.25) is 0 Å². The largest absolute Gasteiger partial charge is 0.441 e. The van der Waals surface area contributed by atoms with Crippen molar-refractivity contribution in [1.29, 1.82) is 0 Å². The highest BCUT2D eigenvalue weighted by Gasteiger charge is 2.72. The van der Waals surface area contributed by atoms with Gasteiger partial charge in [-0.05, 0) is 38.8 Å². The molecule has 2 bridgehead atoms. The Labute approximate surface area is 138 Å². The Kier molecular flexibility index (Phi) is 2.39. The van der Waals surface area contributed by atoms with Crippen molar-refractivity contribution >= 4 is 28.6 Å². The first-order valence-electron chi connectivity index (χ1n) is 8.28. The average Bonchev–Trinajstić information content (AvgIpc) is 3.17. The third kappa shape index (κ3) is 1.48. The molecule has 0 spiro atoms. The smallest absolute Gasteiger partial charge is 0.240 e. The molecule has 3 saturated heterocycles. The molecule has 3 aliphatic heterocycles. The molecule has 0 N–H and O–H groups in total. The monoisotopic (exact) mass is 326 g/mol. The van der Waals surface area contributed by atoms with Crippen molar-refractivity contribution in [1.82, 2.24) is 4.98 Å². The second kappa shape index (κ2) is 4.06. The number of anilines is 1. The summed E-state index contributed by atoms with van der Waals surface area (Å²) in [4.78, 5) is 32.0. The highest BCUT2D eigenvalue weighted by molar-refractivity contribution is 6.25. The number of ether oxygens (including phenoxy) is 1. The van der Waals surface area contributed by atoms with Crippen LogP contribution in [0.25, 0.3) is 11.1 Å². The first kappa shape index (κ1) is 14.2. The fourth-order valence-electron chi connectivity index (χ4n) is 4.93. The van der Waals surface area contributed by atoms with Crippen molar-refractivity contribution in [2.75, 3.05) is 4.90 Å². The lowest BCUT2D eigenvalue weighted by atomic mass is 9.69. The molecule has 6 nitrogen and oxygen atoms in total. The number of carbonyl (C=O) groups is 2. The second-order valence-corrected chi connectivity index (χ2v) is 7.55. The lowest BCUT2D eigenvalue weighted by Crippen LogP contribution is -2.40. The van der Waals surface area contributed by atoms with Crippen LogP contribution in [-0.2, 0) is 14.3 Å². The van der Waals surface area contributed by atoms with E-state index < -0.39 is 23.0 Å². The lowest BCUT2D eigenvalue weighted by Gasteiger charge is -2.27. The zero-order valence-electron chi connectivity index (χ0n) is 13.8. The summed E-state index contributed by atoms with van der Waals surface area (Å²) >= 11 is 0. The Hall–Kier alpha value is -2.21. The van der Waals surface area contributed by atoms with Crippen molar-refractivity contribution in [2.24, 2.45) is 11.8 Å². The summed E-state index contributed by atoms with van der Waals surface area (Å²) in [5, 5.41) is 0. The molecule has 1 unspecified atom stereocenters. The predicted molar refractivity (Wildman–Crippen MR) is 85.3 cm³/mol. The highest BCUT2D eigenvalue weighted by Crippen LogP contribution is 2.61. The first-order valence-corrected chi connectivity index (χ1v) is 8.28. The van der Waals surface area contributed by atoms with Gasteiger partial charge < -0.3 is 9.15 Å². The van der Waals surface area contributed by atoms with Crippen LogP contribution in [0.3, 0.4) is 0 Å². The summed E-state index contributed by atoms with van der Waals surface area (Å²) < 4.78 is 11.7. The Balaban J connectivity index is 1.68. The molecule has 24 heavy (non-hydrogen) atoms. The molecule has 3 fully saturated rings. The van der Waals surface area contributed by atoms with Gasteiger partial charge in [-0.15, -0.1) is 0 Å². The fourth-order valence-corrected chi connectivity index (χ4v) is 4.93. The third-order valence-electron chi connectivity index (χ3n) is 5.95. The van der Waals surface area contributed by atoms with E-state index in [0.29, 0.717) is 22.7 Å². The summed E-state index contributed by atoms with van der Waals surface area (Å²) in [5.41, 5.74) is 0.559. The van der Waals surface area contributed by atoms with Gasteiger partial charge in [0.25, 0.3) is 0 Å². The average molecular weight is 326 g/mol. The third-order valence-corrected chi connectivity index (χ3v) is 5.95. The van der Waals surface area contributed by atoms with Gasteiger partial charge in [0.2, 0.25) is 11.8 Å². The molecule has 2 aromatic rings. The van der Waals surface area contributed by atoms with Crippen molar-refractivity contribution in [3.63, 3.8) is 0 Å². The number of oxazole rings is 1. The van der Waals surface area contributed by atoms with Crippen molar-refractivity contribution in [3.8, 4) is 0 Å². The van der Waals surface area contributed by atoms with E-state index in [1.54, 1.807) is 25.1 Å². The maximum atomic E-state index is 13.2. The van der Waals surface area contributed by atoms with Gasteiger partial charge in [0.05, 0.1) is 28.7 Å². The van der Waals surface area contributed by atoms with Gasteiger partial charge in [0, 0.05) is 6.92 Å². The van der Waals surface area contributed by atoms with Crippen LogP contribution in [0.5, 0.6) is 0 Å². The standard InChI is InChI=1S/C18H18N2O4/c1-9-19-14-10(5-4-6-11(14)23-9)20-15(21)12-13(16(20)22)18(3)8-7-17(12,2)24-18/h4-6,12-13H,7-8H2,1-3H3/t12-,13?,17-,18+/m1/s1. The highest BCUT2D eigenvalue weighted by atomic mass is 16.5. The molecule has 5 rings (SSSR count). The molecule has 1 aromatic carbocycles. The van der Waals surface area contributed by atoms with Crippen molar-refractivity contribution < 1.29 is 18.7 Å². The molecular weight excluding hydrogens is 308 g/mol. The van der Waals surface area contributed by atoms with E-state index in [2.05, 4.69) is 4.98 Å². The van der Waals surface area contributed by atoms with Crippen LogP contribution in [0, 0.1) is 18.8 Å². The molecule has 0 radical (unpaired) electrons. The van der Waals surface area contributed by atoms with Gasteiger partial charge in [0.15, 0.2) is 11.5 Å². The molecule has 0 aliphatic carbocycles. The van der Waals surface area contributed by atoms with Crippen LogP contribution < -0.4 is 4.90 Å². The SMILES string of the molecule is Cc1nc2c(N3C(=O)C4[C@H](C3=O)[C@@]3(C)CC[C@]4(C)O3)cccc2o1. The summed E-state index contributed by atoms with van der Waals surface area (Å²) in [6.07, 6.45) is 1.62. The summed E-state index contributed by atoms with van der Waals surface area (Å²) in [7, 11) is 0. The minimum absolute atomic E-state index is 0.177. The number of nitrogens with zero attached hydrogens (tertiary/aromatic N) is 2. The van der Waals surface area contributed by atoms with E-state index in [4.69, 9.17) is 9.15 Å². The number of aromatic nitrogens is 1. The number of imide groups is 1. The Morgan fingerprint density at radius 1 is 1.12 bits per heavy atom. The molecule has 6 heteroatoms. The molecule has 2 amide bonds. The van der Waals surface area contributed by atoms with E-state index in [1.165, 1.54) is 4.90 Å². The van der Waals surface area contributed by atoms with E-state index >= 15 is 0 Å². The van der Waals surface area contributed by atoms with Gasteiger partial charge in [0.1, 0.15) is 5.52 Å². The molecule has 4 heterocycles. The predicted octanol–water partition coefficient (Wildman–Crippen LogP) is 2.58. The number of amides is 2. The normalized spacial score (nSPS) is 37.7. The van der Waals surface area contributed by atoms with Gasteiger partial charge >= 0.3 is 0 Å². The minimum atomic E-state index is -0.547. The lowest BCUT2D eigenvalue weighted by molar-refractivity contribution is -0.129. The van der Waals surface area contributed by atoms with Gasteiger partial charge in [-0.1, -0.05) is 6.07 Å². The summed E-state index contributed by atoms with van der Waals surface area (Å²) in [6.45, 7) is 5.67. The van der Waals surface area contributed by atoms with E-state index in [-0.39, 0.29) is 11.8 Å². The summed E-state index contributed by atoms with van der Waals surface area (Å²) in [5.74, 6) is -0.661. The molecule has 124 valence electrons. The van der Waals surface area contributed by atoms with Gasteiger partial charge in [-0.3, -0.25) is 9.59 Å². The van der Waals surface area contributed by atoms with Crippen LogP contribution in [-0.4, -0.2) is 28.0 Å². The van der Waals surface area contributed by atoms with Gasteiger partial charge in [-0.25, -0.2) is 9.88 Å². The quantitative estimate of drug-likeness (QED) is 0.753. The molecule has 4 atom stereocenters. The Morgan fingerprint density at radius 2 is 1.75 bits per heavy atom. The van der Waals surface area contributed by atoms with Crippen LogP contribution in [0.4, 0.5) is 5.69 Å². The number of hydrogen-bond donors (Lipinski definition) is 0. The van der Waals surface area contributed by atoms with Gasteiger partial charge in [-0.2, -0.15) is 0 Å². The fraction of sp³-hybridized carbons (Fsp3) is 0.500. The second-order valence-electron chi connectivity index (χ2n) is 7.55. The zero-order valence-corrected chi connectivity index (χ0v) is 13.8. The van der Waals surface area contributed by atoms with Crippen molar-refractivity contribution in [3.05, 3.63) is 24.1 Å². The van der Waals surface area contributed by atoms with E-state index in [9.17, 15) is 9.59 Å². The molecule has 3 aliphatic rings. The zero-order chi connectivity index (χ0) is 16.9. The van der Waals surface area contributed by atoms with E-state index in [0.717, 1.165) is 12.8 Å². The number of para-hydroxylation sites is 1. The molecule has 1 aromatic heterocycles. The summed E-state index contributed by atoms with van der Waals surface area (Å²) in [6, 6.07) is 5.33. The first-order chi connectivity index (χ1) is 11.3. The number of aryl methyl sites for hydroxylation is 1. The number of fused-ring (bicyclic) bond motifs is 6. The topological polar surface area (TPSA) is 72.6 Å². The Bertz CT molecular complexity index is 885. The van der Waals surface area contributed by atoms with Crippen LogP contribution >= 0.6 is 0 Å². The number of rotatable bonds is 1. The molecular formula is C18H18N2O4. The Morgan fingerprint density at radius 3 is 2.38 bits per heavy atom. The number of hydrogen-bond acceptors (Lipinski definition) is 5. The van der Waals surface area contributed by atoms with E-state index in [1.807, 2.05) is 13.8 Å². The maximum Gasteiger partial charge on any atom is 0.240 e. The molecule has 0 saturated carbocycles.